The van der Waals surface area contributed by atoms with E-state index in [0.29, 0.717) is 37.2 Å². The van der Waals surface area contributed by atoms with Crippen LogP contribution in [0.3, 0.4) is 0 Å². The van der Waals surface area contributed by atoms with Crippen LogP contribution in [0.15, 0.2) is 34.3 Å². The van der Waals surface area contributed by atoms with Crippen molar-refractivity contribution < 1.29 is 23.0 Å². The third-order valence-corrected chi connectivity index (χ3v) is 8.45. The van der Waals surface area contributed by atoms with Crippen LogP contribution in [-0.4, -0.2) is 41.0 Å². The lowest BCUT2D eigenvalue weighted by Crippen LogP contribution is -2.50. The fraction of sp³-hybridized carbons (Fsp3) is 0.391. The number of methoxy groups -OCH3 is 1. The van der Waals surface area contributed by atoms with Gasteiger partial charge >= 0.3 is 5.97 Å². The van der Waals surface area contributed by atoms with Crippen LogP contribution in [0.2, 0.25) is 10.0 Å². The van der Waals surface area contributed by atoms with Crippen molar-refractivity contribution in [3.8, 4) is 0 Å². The number of benzene rings is 2. The Morgan fingerprint density at radius 2 is 1.69 bits per heavy atom. The summed E-state index contributed by atoms with van der Waals surface area (Å²) in [6.45, 7) is 6.14. The number of hydrogen-bond acceptors (Lipinski definition) is 5. The molecular formula is C23H24Cl2FNO4S. The fourth-order valence-corrected chi connectivity index (χ4v) is 5.69. The molecule has 3 atom stereocenters. The minimum atomic E-state index is -1.79. The molecule has 0 saturated carbocycles. The predicted octanol–water partition coefficient (Wildman–Crippen LogP) is 5.27. The summed E-state index contributed by atoms with van der Waals surface area (Å²) in [5, 5.41) is 4.94. The molecule has 0 amide bonds. The molecule has 172 valence electrons. The van der Waals surface area contributed by atoms with E-state index in [2.05, 4.69) is 5.16 Å². The van der Waals surface area contributed by atoms with Crippen LogP contribution in [0.25, 0.3) is 0 Å². The molecule has 1 unspecified atom stereocenters. The quantitative estimate of drug-likeness (QED) is 0.508. The molecule has 1 aliphatic rings. The molecule has 0 N–H and O–H groups in total. The monoisotopic (exact) mass is 499 g/mol. The van der Waals surface area contributed by atoms with Gasteiger partial charge in [-0.3, -0.25) is 9.00 Å². The maximum Gasteiger partial charge on any atom is 0.319 e. The summed E-state index contributed by atoms with van der Waals surface area (Å²) in [4.78, 5) is 18.9. The van der Waals surface area contributed by atoms with Gasteiger partial charge in [0, 0.05) is 20.5 Å². The highest BCUT2D eigenvalue weighted by molar-refractivity contribution is 7.85. The van der Waals surface area contributed by atoms with Crippen molar-refractivity contribution in [3.05, 3.63) is 62.1 Å². The zero-order valence-corrected chi connectivity index (χ0v) is 20.8. The largest absolute Gasteiger partial charge is 0.468 e. The first-order chi connectivity index (χ1) is 15.1. The number of alkyl halides is 1. The molecule has 0 aromatic heterocycles. The molecule has 1 heterocycles. The number of carbonyl (C=O) groups excluding carboxylic acids is 1. The number of ether oxygens (including phenoxy) is 1. The van der Waals surface area contributed by atoms with E-state index < -0.39 is 35.0 Å². The van der Waals surface area contributed by atoms with Gasteiger partial charge in [0.2, 0.25) is 0 Å². The van der Waals surface area contributed by atoms with Crippen molar-refractivity contribution in [3.63, 3.8) is 0 Å². The Labute approximate surface area is 199 Å². The summed E-state index contributed by atoms with van der Waals surface area (Å²) < 4.78 is 32.6. The zero-order valence-electron chi connectivity index (χ0n) is 18.4. The normalized spacial score (nSPS) is 21.1. The Bertz CT molecular complexity index is 1090. The highest BCUT2D eigenvalue weighted by Gasteiger charge is 2.56. The van der Waals surface area contributed by atoms with Crippen molar-refractivity contribution in [1.29, 1.82) is 0 Å². The van der Waals surface area contributed by atoms with Crippen LogP contribution in [0.4, 0.5) is 4.39 Å². The van der Waals surface area contributed by atoms with Gasteiger partial charge in [-0.15, -0.1) is 0 Å². The van der Waals surface area contributed by atoms with E-state index in [1.807, 2.05) is 19.1 Å². The second-order valence-electron chi connectivity index (χ2n) is 7.90. The van der Waals surface area contributed by atoms with E-state index in [1.54, 1.807) is 32.9 Å². The van der Waals surface area contributed by atoms with Gasteiger partial charge < -0.3 is 9.57 Å². The summed E-state index contributed by atoms with van der Waals surface area (Å²) in [6.07, 6.45) is 0. The van der Waals surface area contributed by atoms with Gasteiger partial charge in [0.1, 0.15) is 18.3 Å². The van der Waals surface area contributed by atoms with Crippen molar-refractivity contribution >= 4 is 45.7 Å². The second kappa shape index (κ2) is 9.49. The van der Waals surface area contributed by atoms with Crippen LogP contribution < -0.4 is 0 Å². The predicted molar refractivity (Wildman–Crippen MR) is 125 cm³/mol. The van der Waals surface area contributed by atoms with Gasteiger partial charge in [-0.25, -0.2) is 4.39 Å². The first-order valence-corrected chi connectivity index (χ1v) is 12.0. The number of aryl methyl sites for hydroxylation is 1. The number of nitrogens with zero attached hydrogens (tertiary/aromatic N) is 1. The van der Waals surface area contributed by atoms with Crippen LogP contribution in [0.5, 0.6) is 0 Å². The van der Waals surface area contributed by atoms with E-state index in [0.717, 1.165) is 5.56 Å². The Hall–Kier alpha value is -1.96. The van der Waals surface area contributed by atoms with Crippen molar-refractivity contribution in [2.45, 2.75) is 38.2 Å². The minimum absolute atomic E-state index is 0.161. The molecule has 3 rings (SSSR count). The minimum Gasteiger partial charge on any atom is -0.468 e. The second-order valence-corrected chi connectivity index (χ2v) is 10.1. The maximum atomic E-state index is 14.6. The molecule has 0 aliphatic carbocycles. The first-order valence-electron chi connectivity index (χ1n) is 9.88. The molecule has 0 spiro atoms. The average molecular weight is 500 g/mol. The Morgan fingerprint density at radius 3 is 2.19 bits per heavy atom. The number of halogens is 3. The third-order valence-electron chi connectivity index (χ3n) is 5.77. The van der Waals surface area contributed by atoms with E-state index in [9.17, 15) is 13.4 Å². The lowest BCUT2D eigenvalue weighted by atomic mass is 9.81. The standard InChI is InChI=1S/C23H24Cl2FNO4S/c1-12-6-8-16(9-7-12)32(29)11-23(10-26)18(22(28)30-5)21(27-31-23)17-13(2)19(24)15(4)20(25)14(17)3/h6-9,18H,10-11H2,1-5H3/t18-,23+,32?/m1/s1. The van der Waals surface area contributed by atoms with Crippen molar-refractivity contribution in [1.82, 2.24) is 0 Å². The molecule has 0 saturated heterocycles. The van der Waals surface area contributed by atoms with Gasteiger partial charge in [-0.2, -0.15) is 0 Å². The molecular weight excluding hydrogens is 476 g/mol. The highest BCUT2D eigenvalue weighted by Crippen LogP contribution is 2.41. The van der Waals surface area contributed by atoms with Gasteiger partial charge in [-0.05, 0) is 56.5 Å². The van der Waals surface area contributed by atoms with Crippen molar-refractivity contribution in [2.24, 2.45) is 11.1 Å². The lowest BCUT2D eigenvalue weighted by Gasteiger charge is -2.29. The molecule has 0 bridgehead atoms. The summed E-state index contributed by atoms with van der Waals surface area (Å²) >= 11 is 12.9. The third kappa shape index (κ3) is 4.18. The van der Waals surface area contributed by atoms with Crippen LogP contribution in [0, 0.1) is 33.6 Å². The Kier molecular flexibility index (Phi) is 7.32. The van der Waals surface area contributed by atoms with E-state index >= 15 is 0 Å². The lowest BCUT2D eigenvalue weighted by molar-refractivity contribution is -0.151. The average Bonchev–Trinajstić information content (AvgIpc) is 3.15. The summed E-state index contributed by atoms with van der Waals surface area (Å²) in [7, 11) is -0.451. The SMILES string of the molecule is COC(=O)[C@H]1C(c2c(C)c(Cl)c(C)c(Cl)c2C)=NO[C@@]1(CF)CS(=O)c1ccc(C)cc1. The van der Waals surface area contributed by atoms with Crippen LogP contribution in [0.1, 0.15) is 27.8 Å². The molecule has 5 nitrogen and oxygen atoms in total. The molecule has 0 radical (unpaired) electrons. The van der Waals surface area contributed by atoms with Gasteiger partial charge in [0.15, 0.2) is 5.60 Å². The summed E-state index contributed by atoms with van der Waals surface area (Å²) in [5.41, 5.74) is 1.83. The molecule has 9 heteroatoms. The maximum absolute atomic E-state index is 14.6. The fourth-order valence-electron chi connectivity index (χ4n) is 3.92. The number of esters is 1. The number of oxime groups is 1. The van der Waals surface area contributed by atoms with E-state index in [1.165, 1.54) is 7.11 Å². The molecule has 32 heavy (non-hydrogen) atoms. The van der Waals surface area contributed by atoms with Gasteiger partial charge in [0.25, 0.3) is 0 Å². The smallest absolute Gasteiger partial charge is 0.319 e. The van der Waals surface area contributed by atoms with Crippen molar-refractivity contribution in [2.75, 3.05) is 19.5 Å². The number of carbonyl (C=O) groups is 1. The van der Waals surface area contributed by atoms with Gasteiger partial charge in [0.05, 0.1) is 23.7 Å². The number of hydrogen-bond donors (Lipinski definition) is 0. The van der Waals surface area contributed by atoms with Crippen LogP contribution >= 0.6 is 23.2 Å². The van der Waals surface area contributed by atoms with Gasteiger partial charge in [-0.1, -0.05) is 46.1 Å². The highest BCUT2D eigenvalue weighted by atomic mass is 35.5. The Balaban J connectivity index is 2.09. The number of rotatable bonds is 6. The molecule has 2 aromatic carbocycles. The Morgan fingerprint density at radius 1 is 1.12 bits per heavy atom. The van der Waals surface area contributed by atoms with E-state index in [-0.39, 0.29) is 11.5 Å². The molecule has 0 fully saturated rings. The summed E-state index contributed by atoms with van der Waals surface area (Å²) in [5.74, 6) is -2.28. The first kappa shape index (κ1) is 24.7. The van der Waals surface area contributed by atoms with Crippen LogP contribution in [-0.2, 0) is 25.2 Å². The van der Waals surface area contributed by atoms with E-state index in [4.69, 9.17) is 32.8 Å². The zero-order chi connectivity index (χ0) is 23.8. The topological polar surface area (TPSA) is 65.0 Å². The molecule has 1 aliphatic heterocycles. The summed E-state index contributed by atoms with van der Waals surface area (Å²) in [6, 6.07) is 7.03. The molecule has 2 aromatic rings.